The Kier molecular flexibility index (Phi) is 5.16. The van der Waals surface area contributed by atoms with Crippen LogP contribution in [0.2, 0.25) is 0 Å². The molecule has 0 saturated heterocycles. The van der Waals surface area contributed by atoms with Crippen molar-refractivity contribution < 1.29 is 4.79 Å². The standard InChI is InChI=1S/C20H20N2OS2/c1-14-19(25-20(24)22(14)13-18(23)21(2)3)17-12-8-7-11-16(17)15-9-5-4-6-10-15/h4-12H,13H2,1-3H3. The van der Waals surface area contributed by atoms with Crippen LogP contribution in [0.3, 0.4) is 0 Å². The summed E-state index contributed by atoms with van der Waals surface area (Å²) >= 11 is 7.10. The van der Waals surface area contributed by atoms with Crippen molar-refractivity contribution in [2.75, 3.05) is 14.1 Å². The molecule has 0 unspecified atom stereocenters. The number of hydrogen-bond donors (Lipinski definition) is 0. The molecule has 0 atom stereocenters. The molecule has 0 fully saturated rings. The van der Waals surface area contributed by atoms with E-state index in [4.69, 9.17) is 12.2 Å². The van der Waals surface area contributed by atoms with Crippen molar-refractivity contribution in [3.8, 4) is 21.6 Å². The fourth-order valence-corrected chi connectivity index (χ4v) is 4.22. The zero-order valence-corrected chi connectivity index (χ0v) is 16.2. The van der Waals surface area contributed by atoms with Gasteiger partial charge in [0.1, 0.15) is 6.54 Å². The molecule has 1 heterocycles. The summed E-state index contributed by atoms with van der Waals surface area (Å²) in [6.07, 6.45) is 0. The summed E-state index contributed by atoms with van der Waals surface area (Å²) in [7, 11) is 3.53. The predicted molar refractivity (Wildman–Crippen MR) is 107 cm³/mol. The van der Waals surface area contributed by atoms with E-state index in [0.29, 0.717) is 0 Å². The van der Waals surface area contributed by atoms with Crippen molar-refractivity contribution in [2.45, 2.75) is 13.5 Å². The van der Waals surface area contributed by atoms with Crippen LogP contribution in [0.15, 0.2) is 54.6 Å². The lowest BCUT2D eigenvalue weighted by atomic mass is 9.98. The highest BCUT2D eigenvalue weighted by atomic mass is 32.1. The molecule has 0 N–H and O–H groups in total. The average molecular weight is 369 g/mol. The Labute approximate surface area is 157 Å². The summed E-state index contributed by atoms with van der Waals surface area (Å²) in [6, 6.07) is 18.7. The second-order valence-electron chi connectivity index (χ2n) is 6.07. The van der Waals surface area contributed by atoms with Gasteiger partial charge in [0.05, 0.1) is 4.88 Å². The van der Waals surface area contributed by atoms with E-state index >= 15 is 0 Å². The normalized spacial score (nSPS) is 10.7. The largest absolute Gasteiger partial charge is 0.347 e. The third kappa shape index (κ3) is 3.57. The van der Waals surface area contributed by atoms with Crippen molar-refractivity contribution in [3.05, 3.63) is 64.2 Å². The monoisotopic (exact) mass is 368 g/mol. The number of hydrogen-bond acceptors (Lipinski definition) is 3. The number of benzene rings is 2. The van der Waals surface area contributed by atoms with Gasteiger partial charge in [0.25, 0.3) is 0 Å². The molecule has 1 aromatic heterocycles. The molecular formula is C20H20N2OS2. The lowest BCUT2D eigenvalue weighted by Gasteiger charge is -2.13. The summed E-state index contributed by atoms with van der Waals surface area (Å²) in [5, 5.41) is 0. The van der Waals surface area contributed by atoms with E-state index in [1.54, 1.807) is 30.3 Å². The van der Waals surface area contributed by atoms with Gasteiger partial charge in [0.2, 0.25) is 5.91 Å². The van der Waals surface area contributed by atoms with Gasteiger partial charge in [-0.25, -0.2) is 0 Å². The minimum absolute atomic E-state index is 0.0416. The maximum absolute atomic E-state index is 12.1. The van der Waals surface area contributed by atoms with Gasteiger partial charge in [-0.2, -0.15) is 0 Å². The molecule has 1 amide bonds. The molecule has 0 bridgehead atoms. The molecule has 0 aliphatic rings. The summed E-state index contributed by atoms with van der Waals surface area (Å²) in [6.45, 7) is 2.31. The molecular weight excluding hydrogens is 348 g/mol. The fraction of sp³-hybridized carbons (Fsp3) is 0.200. The Bertz CT molecular complexity index is 955. The van der Waals surface area contributed by atoms with E-state index < -0.39 is 0 Å². The highest BCUT2D eigenvalue weighted by Gasteiger charge is 2.16. The van der Waals surface area contributed by atoms with Gasteiger partial charge >= 0.3 is 0 Å². The minimum atomic E-state index is 0.0416. The average Bonchev–Trinajstić information content (AvgIpc) is 2.90. The topological polar surface area (TPSA) is 25.2 Å². The van der Waals surface area contributed by atoms with Crippen LogP contribution in [-0.4, -0.2) is 29.5 Å². The maximum Gasteiger partial charge on any atom is 0.242 e. The van der Waals surface area contributed by atoms with Gasteiger partial charge in [-0.05, 0) is 30.3 Å². The first kappa shape index (κ1) is 17.6. The smallest absolute Gasteiger partial charge is 0.242 e. The summed E-state index contributed by atoms with van der Waals surface area (Å²) < 4.78 is 2.66. The van der Waals surface area contributed by atoms with E-state index in [1.807, 2.05) is 41.8 Å². The molecule has 3 rings (SSSR count). The van der Waals surface area contributed by atoms with Crippen LogP contribution >= 0.6 is 23.6 Å². The quantitative estimate of drug-likeness (QED) is 0.605. The van der Waals surface area contributed by atoms with Crippen molar-refractivity contribution in [2.24, 2.45) is 0 Å². The molecule has 3 aromatic rings. The first-order valence-corrected chi connectivity index (χ1v) is 9.26. The highest BCUT2D eigenvalue weighted by Crippen LogP contribution is 2.37. The molecule has 0 aliphatic heterocycles. The number of thiazole rings is 1. The lowest BCUT2D eigenvalue weighted by molar-refractivity contribution is -0.129. The van der Waals surface area contributed by atoms with Crippen molar-refractivity contribution in [1.82, 2.24) is 9.47 Å². The molecule has 3 nitrogen and oxygen atoms in total. The van der Waals surface area contributed by atoms with Crippen LogP contribution in [0.1, 0.15) is 5.69 Å². The summed E-state index contributed by atoms with van der Waals surface area (Å²) in [5.74, 6) is 0.0416. The van der Waals surface area contributed by atoms with Crippen LogP contribution in [-0.2, 0) is 11.3 Å². The second-order valence-corrected chi connectivity index (χ2v) is 7.71. The van der Waals surface area contributed by atoms with Gasteiger partial charge < -0.3 is 9.47 Å². The predicted octanol–water partition coefficient (Wildman–Crippen LogP) is 5.01. The minimum Gasteiger partial charge on any atom is -0.347 e. The molecule has 0 radical (unpaired) electrons. The Morgan fingerprint density at radius 2 is 1.64 bits per heavy atom. The third-order valence-corrected chi connectivity index (χ3v) is 5.78. The zero-order chi connectivity index (χ0) is 18.0. The molecule has 25 heavy (non-hydrogen) atoms. The first-order chi connectivity index (χ1) is 12.0. The molecule has 0 aliphatic carbocycles. The Hall–Kier alpha value is -2.24. The van der Waals surface area contributed by atoms with Crippen LogP contribution in [0, 0.1) is 10.9 Å². The number of carbonyl (C=O) groups excluding carboxylic acids is 1. The Morgan fingerprint density at radius 1 is 1.04 bits per heavy atom. The lowest BCUT2D eigenvalue weighted by Crippen LogP contribution is -2.26. The molecule has 128 valence electrons. The van der Waals surface area contributed by atoms with Crippen LogP contribution < -0.4 is 0 Å². The van der Waals surface area contributed by atoms with Crippen LogP contribution in [0.4, 0.5) is 0 Å². The van der Waals surface area contributed by atoms with E-state index in [2.05, 4.69) is 24.3 Å². The molecule has 0 spiro atoms. The number of likely N-dealkylation sites (N-methyl/N-ethyl adjacent to an activating group) is 1. The van der Waals surface area contributed by atoms with Crippen molar-refractivity contribution in [3.63, 3.8) is 0 Å². The highest BCUT2D eigenvalue weighted by molar-refractivity contribution is 7.73. The maximum atomic E-state index is 12.1. The number of carbonyl (C=O) groups is 1. The molecule has 0 saturated carbocycles. The zero-order valence-electron chi connectivity index (χ0n) is 14.5. The van der Waals surface area contributed by atoms with Crippen LogP contribution in [0.25, 0.3) is 21.6 Å². The second kappa shape index (κ2) is 7.33. The van der Waals surface area contributed by atoms with Gasteiger partial charge in [0.15, 0.2) is 3.95 Å². The van der Waals surface area contributed by atoms with Gasteiger partial charge in [-0.1, -0.05) is 54.6 Å². The van der Waals surface area contributed by atoms with E-state index in [9.17, 15) is 4.79 Å². The van der Waals surface area contributed by atoms with Crippen molar-refractivity contribution in [1.29, 1.82) is 0 Å². The number of rotatable bonds is 4. The summed E-state index contributed by atoms with van der Waals surface area (Å²) in [5.41, 5.74) is 4.54. The van der Waals surface area contributed by atoms with E-state index in [-0.39, 0.29) is 12.5 Å². The molecule has 5 heteroatoms. The van der Waals surface area contributed by atoms with Crippen LogP contribution in [0.5, 0.6) is 0 Å². The van der Waals surface area contributed by atoms with Gasteiger partial charge in [-0.15, -0.1) is 11.3 Å². The SMILES string of the molecule is Cc1c(-c2ccccc2-c2ccccc2)sc(=S)n1CC(=O)N(C)C. The Morgan fingerprint density at radius 3 is 2.28 bits per heavy atom. The van der Waals surface area contributed by atoms with Gasteiger partial charge in [0, 0.05) is 25.4 Å². The fourth-order valence-electron chi connectivity index (χ4n) is 2.74. The summed E-state index contributed by atoms with van der Waals surface area (Å²) in [4.78, 5) is 14.8. The first-order valence-electron chi connectivity index (χ1n) is 8.04. The van der Waals surface area contributed by atoms with E-state index in [1.165, 1.54) is 11.1 Å². The Balaban J connectivity index is 2.10. The number of aromatic nitrogens is 1. The van der Waals surface area contributed by atoms with Crippen molar-refractivity contribution >= 4 is 29.5 Å². The third-order valence-electron chi connectivity index (χ3n) is 4.19. The number of amides is 1. The van der Waals surface area contributed by atoms with Gasteiger partial charge in [-0.3, -0.25) is 4.79 Å². The number of nitrogens with zero attached hydrogens (tertiary/aromatic N) is 2. The molecule has 2 aromatic carbocycles. The van der Waals surface area contributed by atoms with E-state index in [0.717, 1.165) is 20.1 Å².